The monoisotopic (exact) mass is 421 g/mol. The topological polar surface area (TPSA) is 69.3 Å². The fourth-order valence-corrected chi connectivity index (χ4v) is 3.87. The van der Waals surface area contributed by atoms with E-state index in [-0.39, 0.29) is 10.6 Å². The van der Waals surface area contributed by atoms with Crippen LogP contribution in [-0.2, 0) is 4.79 Å². The second-order valence-electron chi connectivity index (χ2n) is 6.58. The first-order valence-electron chi connectivity index (χ1n) is 8.84. The maximum atomic E-state index is 12.5. The number of nitrogens with zero attached hydrogens (tertiary/aromatic N) is 2. The maximum Gasteiger partial charge on any atom is 0.266 e. The van der Waals surface area contributed by atoms with Crippen molar-refractivity contribution in [3.8, 4) is 17.4 Å². The van der Waals surface area contributed by atoms with Gasteiger partial charge in [0, 0.05) is 11.3 Å². The summed E-state index contributed by atoms with van der Waals surface area (Å²) in [7, 11) is 0. The third-order valence-corrected chi connectivity index (χ3v) is 5.40. The number of nitrogens with one attached hydrogen (secondary N) is 1. The van der Waals surface area contributed by atoms with Crippen molar-refractivity contribution in [2.24, 2.45) is 0 Å². The van der Waals surface area contributed by atoms with E-state index in [0.717, 1.165) is 16.8 Å². The van der Waals surface area contributed by atoms with Crippen molar-refractivity contribution in [1.82, 2.24) is 5.32 Å². The summed E-state index contributed by atoms with van der Waals surface area (Å²) >= 11 is 10.8. The van der Waals surface area contributed by atoms with Gasteiger partial charge in [0.1, 0.15) is 23.2 Å². The van der Waals surface area contributed by atoms with Crippen LogP contribution in [0.2, 0.25) is 5.02 Å². The molecular weight excluding hydrogens is 406 g/mol. The lowest BCUT2D eigenvalue weighted by Gasteiger charge is -2.36. The summed E-state index contributed by atoms with van der Waals surface area (Å²) in [4.78, 5) is 14.2. The molecule has 4 rings (SSSR count). The van der Waals surface area contributed by atoms with E-state index in [0.29, 0.717) is 16.5 Å². The molecule has 0 saturated carbocycles. The lowest BCUT2D eigenvalue weighted by atomic mass is 10.1. The number of anilines is 1. The van der Waals surface area contributed by atoms with Crippen LogP contribution in [0.4, 0.5) is 5.69 Å². The molecule has 0 bridgehead atoms. The first-order chi connectivity index (χ1) is 14.0. The SMILES string of the molecule is Cc1cccc(N2C(S)=C(C#N)C(=O)NC2c2ccc(-c3ccccc3Cl)o2)c1. The molecule has 1 unspecified atom stereocenters. The molecule has 3 aromatic rings. The molecule has 0 aliphatic carbocycles. The van der Waals surface area contributed by atoms with Crippen molar-refractivity contribution in [1.29, 1.82) is 5.26 Å². The number of thiol groups is 1. The Balaban J connectivity index is 1.82. The van der Waals surface area contributed by atoms with Crippen molar-refractivity contribution in [2.75, 3.05) is 4.90 Å². The molecule has 1 amide bonds. The molecule has 144 valence electrons. The normalized spacial score (nSPS) is 16.6. The summed E-state index contributed by atoms with van der Waals surface area (Å²) in [5.74, 6) is 0.584. The molecule has 2 heterocycles. The van der Waals surface area contributed by atoms with Crippen molar-refractivity contribution in [2.45, 2.75) is 13.1 Å². The second kappa shape index (κ2) is 7.70. The largest absolute Gasteiger partial charge is 0.457 e. The number of benzene rings is 2. The Morgan fingerprint density at radius 2 is 1.97 bits per heavy atom. The lowest BCUT2D eigenvalue weighted by Crippen LogP contribution is -2.45. The van der Waals surface area contributed by atoms with Gasteiger partial charge in [0.2, 0.25) is 0 Å². The third kappa shape index (κ3) is 3.51. The standard InChI is InChI=1S/C22H16ClN3O2S/c1-13-5-4-6-14(11-13)26-20(25-21(27)16(12-24)22(26)29)19-10-9-18(28-19)15-7-2-3-8-17(15)23/h2-11,20,29H,1H3,(H,25,27). The summed E-state index contributed by atoms with van der Waals surface area (Å²) in [5, 5.41) is 13.1. The molecule has 7 heteroatoms. The molecule has 1 aromatic heterocycles. The van der Waals surface area contributed by atoms with Gasteiger partial charge >= 0.3 is 0 Å². The minimum Gasteiger partial charge on any atom is -0.457 e. The Morgan fingerprint density at radius 1 is 1.17 bits per heavy atom. The maximum absolute atomic E-state index is 12.5. The molecule has 2 aromatic carbocycles. The van der Waals surface area contributed by atoms with E-state index in [1.807, 2.05) is 55.5 Å². The van der Waals surface area contributed by atoms with Gasteiger partial charge in [-0.1, -0.05) is 35.9 Å². The third-order valence-electron chi connectivity index (χ3n) is 4.63. The zero-order valence-corrected chi connectivity index (χ0v) is 17.0. The molecule has 1 aliphatic heterocycles. The van der Waals surface area contributed by atoms with Gasteiger partial charge in [0.25, 0.3) is 5.91 Å². The highest BCUT2D eigenvalue weighted by molar-refractivity contribution is 7.84. The van der Waals surface area contributed by atoms with Gasteiger partial charge in [-0.3, -0.25) is 4.79 Å². The Bertz CT molecular complexity index is 1180. The van der Waals surface area contributed by atoms with Crippen LogP contribution < -0.4 is 10.2 Å². The van der Waals surface area contributed by atoms with Gasteiger partial charge in [0.15, 0.2) is 6.17 Å². The van der Waals surface area contributed by atoms with E-state index >= 15 is 0 Å². The van der Waals surface area contributed by atoms with E-state index in [2.05, 4.69) is 17.9 Å². The summed E-state index contributed by atoms with van der Waals surface area (Å²) in [6, 6.07) is 20.6. The number of carbonyl (C=O) groups is 1. The van der Waals surface area contributed by atoms with E-state index in [1.54, 1.807) is 23.1 Å². The number of amides is 1. The van der Waals surface area contributed by atoms with E-state index in [9.17, 15) is 10.1 Å². The number of aryl methyl sites for hydroxylation is 1. The summed E-state index contributed by atoms with van der Waals surface area (Å²) in [6.45, 7) is 1.97. The highest BCUT2D eigenvalue weighted by Gasteiger charge is 2.35. The fourth-order valence-electron chi connectivity index (χ4n) is 3.26. The first-order valence-corrected chi connectivity index (χ1v) is 9.67. The summed E-state index contributed by atoms with van der Waals surface area (Å²) in [6.07, 6.45) is -0.662. The van der Waals surface area contributed by atoms with Crippen LogP contribution in [0.3, 0.4) is 0 Å². The molecule has 0 spiro atoms. The van der Waals surface area contributed by atoms with Crippen molar-refractivity contribution >= 4 is 35.8 Å². The quantitative estimate of drug-likeness (QED) is 0.569. The average Bonchev–Trinajstić information content (AvgIpc) is 3.18. The van der Waals surface area contributed by atoms with Crippen LogP contribution in [0.15, 0.2) is 75.7 Å². The Labute approximate surface area is 178 Å². The number of hydrogen-bond donors (Lipinski definition) is 2. The van der Waals surface area contributed by atoms with Gasteiger partial charge in [-0.2, -0.15) is 5.26 Å². The molecule has 1 N–H and O–H groups in total. The summed E-state index contributed by atoms with van der Waals surface area (Å²) < 4.78 is 6.06. The number of furan rings is 1. The predicted octanol–water partition coefficient (Wildman–Crippen LogP) is 5.21. The number of halogens is 1. The minimum atomic E-state index is -0.662. The zero-order chi connectivity index (χ0) is 20.5. The van der Waals surface area contributed by atoms with Gasteiger partial charge in [-0.15, -0.1) is 12.6 Å². The second-order valence-corrected chi connectivity index (χ2v) is 7.41. The molecule has 0 radical (unpaired) electrons. The molecule has 0 saturated heterocycles. The molecule has 29 heavy (non-hydrogen) atoms. The molecule has 1 atom stereocenters. The van der Waals surface area contributed by atoms with Gasteiger partial charge in [0.05, 0.1) is 10.1 Å². The van der Waals surface area contributed by atoms with Crippen molar-refractivity contribution in [3.05, 3.63) is 87.6 Å². The molecule has 1 aliphatic rings. The van der Waals surface area contributed by atoms with Gasteiger partial charge < -0.3 is 14.6 Å². The highest BCUT2D eigenvalue weighted by Crippen LogP contribution is 2.38. The van der Waals surface area contributed by atoms with Crippen molar-refractivity contribution < 1.29 is 9.21 Å². The highest BCUT2D eigenvalue weighted by atomic mass is 35.5. The van der Waals surface area contributed by atoms with Crippen LogP contribution in [-0.4, -0.2) is 5.91 Å². The van der Waals surface area contributed by atoms with E-state index in [1.165, 1.54) is 0 Å². The summed E-state index contributed by atoms with van der Waals surface area (Å²) in [5.41, 5.74) is 2.52. The Kier molecular flexibility index (Phi) is 5.10. The fraction of sp³-hybridized carbons (Fsp3) is 0.0909. The smallest absolute Gasteiger partial charge is 0.266 e. The molecule has 0 fully saturated rings. The van der Waals surface area contributed by atoms with Gasteiger partial charge in [-0.05, 0) is 48.9 Å². The van der Waals surface area contributed by atoms with Crippen molar-refractivity contribution in [3.63, 3.8) is 0 Å². The first kappa shape index (κ1) is 19.2. The van der Waals surface area contributed by atoms with E-state index < -0.39 is 12.1 Å². The Morgan fingerprint density at radius 3 is 2.69 bits per heavy atom. The lowest BCUT2D eigenvalue weighted by molar-refractivity contribution is -0.118. The molecular formula is C22H16ClN3O2S. The van der Waals surface area contributed by atoms with Crippen LogP contribution >= 0.6 is 24.2 Å². The average molecular weight is 422 g/mol. The minimum absolute atomic E-state index is 0.0519. The number of nitriles is 1. The zero-order valence-electron chi connectivity index (χ0n) is 15.4. The van der Waals surface area contributed by atoms with Crippen LogP contribution in [0.1, 0.15) is 17.5 Å². The predicted molar refractivity (Wildman–Crippen MR) is 115 cm³/mol. The number of carbonyl (C=O) groups excluding carboxylic acids is 1. The van der Waals surface area contributed by atoms with Gasteiger partial charge in [-0.25, -0.2) is 0 Å². The van der Waals surface area contributed by atoms with Crippen LogP contribution in [0.25, 0.3) is 11.3 Å². The number of hydrogen-bond acceptors (Lipinski definition) is 5. The Hall–Kier alpha value is -3.14. The molecule has 5 nitrogen and oxygen atoms in total. The van der Waals surface area contributed by atoms with Crippen LogP contribution in [0.5, 0.6) is 0 Å². The van der Waals surface area contributed by atoms with Crippen LogP contribution in [0, 0.1) is 18.3 Å². The number of rotatable bonds is 3. The van der Waals surface area contributed by atoms with E-state index in [4.69, 9.17) is 16.0 Å².